The van der Waals surface area contributed by atoms with Gasteiger partial charge in [-0.1, -0.05) is 24.3 Å². The third-order valence-corrected chi connectivity index (χ3v) is 1.55. The Hall–Kier alpha value is -2.24. The van der Waals surface area contributed by atoms with Crippen molar-refractivity contribution in [1.82, 2.24) is 0 Å². The van der Waals surface area contributed by atoms with Gasteiger partial charge in [-0.15, -0.1) is 0 Å². The molecule has 0 unspecified atom stereocenters. The third kappa shape index (κ3) is 4.32. The van der Waals surface area contributed by atoms with E-state index >= 15 is 0 Å². The normalized spacial score (nSPS) is 13.6. The monoisotopic (exact) mass is 224 g/mol. The van der Waals surface area contributed by atoms with Gasteiger partial charge in [-0.05, 0) is 13.8 Å². The van der Waals surface area contributed by atoms with Crippen LogP contribution in [0.2, 0.25) is 0 Å². The Kier molecular flexibility index (Phi) is 6.11. The molecular formula is C10H12N2O4. The number of nitrogens with zero attached hydrogens (tertiary/aromatic N) is 2. The lowest BCUT2D eigenvalue weighted by molar-refractivity contribution is -0.479. The van der Waals surface area contributed by atoms with E-state index in [1.54, 1.807) is 26.0 Å². The summed E-state index contributed by atoms with van der Waals surface area (Å²) >= 11 is 0. The van der Waals surface area contributed by atoms with Gasteiger partial charge in [-0.25, -0.2) is 0 Å². The van der Waals surface area contributed by atoms with E-state index in [1.165, 1.54) is 12.2 Å². The third-order valence-electron chi connectivity index (χ3n) is 1.55. The highest BCUT2D eigenvalue weighted by Gasteiger charge is 2.26. The van der Waals surface area contributed by atoms with E-state index in [4.69, 9.17) is 0 Å². The van der Waals surface area contributed by atoms with Crippen molar-refractivity contribution in [3.63, 3.8) is 0 Å². The Bertz CT molecular complexity index is 354. The first-order valence-electron chi connectivity index (χ1n) is 4.49. The summed E-state index contributed by atoms with van der Waals surface area (Å²) in [4.78, 5) is 19.7. The molecule has 0 aromatic heterocycles. The van der Waals surface area contributed by atoms with Gasteiger partial charge in [0, 0.05) is 12.2 Å². The zero-order valence-electron chi connectivity index (χ0n) is 8.99. The average molecular weight is 224 g/mol. The zero-order chi connectivity index (χ0) is 12.6. The van der Waals surface area contributed by atoms with Crippen LogP contribution in [0.15, 0.2) is 47.9 Å². The highest BCUT2D eigenvalue weighted by molar-refractivity contribution is 5.26. The minimum atomic E-state index is -0.780. The van der Waals surface area contributed by atoms with E-state index in [0.717, 1.165) is 12.2 Å². The predicted octanol–water partition coefficient (Wildman–Crippen LogP) is 2.46. The van der Waals surface area contributed by atoms with Crippen molar-refractivity contribution in [1.29, 1.82) is 0 Å². The molecular weight excluding hydrogens is 212 g/mol. The highest BCUT2D eigenvalue weighted by Crippen LogP contribution is 2.12. The fourth-order valence-electron chi connectivity index (χ4n) is 0.854. The van der Waals surface area contributed by atoms with Crippen molar-refractivity contribution in [2.75, 3.05) is 0 Å². The standard InChI is InChI=1S/C10H12N2O4/c1-3-5-7-9(11(13)14)10(12(15)16)8-6-4-2/h3-8H,1-2H3/b5-3+,6-4+,9-7+,10-8+. The van der Waals surface area contributed by atoms with Crippen LogP contribution in [0.25, 0.3) is 0 Å². The maximum atomic E-state index is 10.6. The number of rotatable bonds is 5. The molecule has 0 N–H and O–H groups in total. The van der Waals surface area contributed by atoms with Crippen LogP contribution in [-0.4, -0.2) is 9.85 Å². The van der Waals surface area contributed by atoms with Crippen molar-refractivity contribution < 1.29 is 9.85 Å². The summed E-state index contributed by atoms with van der Waals surface area (Å²) in [6, 6.07) is 0. The average Bonchev–Trinajstić information content (AvgIpc) is 2.21. The molecule has 0 heterocycles. The summed E-state index contributed by atoms with van der Waals surface area (Å²) < 4.78 is 0. The van der Waals surface area contributed by atoms with Crippen LogP contribution in [0.5, 0.6) is 0 Å². The summed E-state index contributed by atoms with van der Waals surface area (Å²) in [5, 5.41) is 21.3. The number of nitro groups is 2. The smallest absolute Gasteiger partial charge is 0.258 e. The van der Waals surface area contributed by atoms with E-state index in [0.29, 0.717) is 0 Å². The lowest BCUT2D eigenvalue weighted by Gasteiger charge is -1.94. The van der Waals surface area contributed by atoms with Crippen LogP contribution >= 0.6 is 0 Å². The summed E-state index contributed by atoms with van der Waals surface area (Å²) in [7, 11) is 0. The molecule has 0 saturated heterocycles. The van der Waals surface area contributed by atoms with Crippen molar-refractivity contribution in [2.24, 2.45) is 0 Å². The molecule has 0 bridgehead atoms. The molecule has 0 aliphatic carbocycles. The van der Waals surface area contributed by atoms with Crippen molar-refractivity contribution in [3.05, 3.63) is 68.1 Å². The van der Waals surface area contributed by atoms with E-state index < -0.39 is 21.2 Å². The molecule has 0 aliphatic heterocycles. The van der Waals surface area contributed by atoms with Gasteiger partial charge < -0.3 is 0 Å². The molecule has 6 nitrogen and oxygen atoms in total. The maximum absolute atomic E-state index is 10.6. The Morgan fingerprint density at radius 2 is 1.19 bits per heavy atom. The molecule has 0 atom stereocenters. The van der Waals surface area contributed by atoms with Crippen molar-refractivity contribution in [2.45, 2.75) is 13.8 Å². The lowest BCUT2D eigenvalue weighted by Crippen LogP contribution is -2.09. The molecule has 6 heteroatoms. The second kappa shape index (κ2) is 7.10. The van der Waals surface area contributed by atoms with Crippen molar-refractivity contribution >= 4 is 0 Å². The molecule has 0 aromatic carbocycles. The van der Waals surface area contributed by atoms with Crippen LogP contribution < -0.4 is 0 Å². The SMILES string of the molecule is C/C=C/C=C(\C(=C/C=C/C)[N+](=O)[O-])[N+](=O)[O-]. The predicted molar refractivity (Wildman–Crippen MR) is 59.8 cm³/mol. The molecule has 0 amide bonds. The van der Waals surface area contributed by atoms with Gasteiger partial charge >= 0.3 is 11.4 Å². The molecule has 0 aromatic rings. The summed E-state index contributed by atoms with van der Waals surface area (Å²) in [6.07, 6.45) is 8.06. The molecule has 0 rings (SSSR count). The molecule has 16 heavy (non-hydrogen) atoms. The second-order valence-corrected chi connectivity index (χ2v) is 2.67. The second-order valence-electron chi connectivity index (χ2n) is 2.67. The van der Waals surface area contributed by atoms with E-state index in [2.05, 4.69) is 0 Å². The summed E-state index contributed by atoms with van der Waals surface area (Å²) in [5.41, 5.74) is -1.08. The quantitative estimate of drug-likeness (QED) is 0.407. The van der Waals surface area contributed by atoms with Gasteiger partial charge in [0.05, 0.1) is 9.85 Å². The molecule has 86 valence electrons. The first-order chi connectivity index (χ1) is 7.54. The largest absolute Gasteiger partial charge is 0.346 e. The van der Waals surface area contributed by atoms with Crippen LogP contribution in [0.3, 0.4) is 0 Å². The highest BCUT2D eigenvalue weighted by atomic mass is 16.6. The molecule has 0 fully saturated rings. The Morgan fingerprint density at radius 1 is 0.875 bits per heavy atom. The first kappa shape index (κ1) is 13.8. The zero-order valence-corrected chi connectivity index (χ0v) is 8.99. The fourth-order valence-corrected chi connectivity index (χ4v) is 0.854. The van der Waals surface area contributed by atoms with Gasteiger partial charge in [0.2, 0.25) is 0 Å². The molecule has 0 radical (unpaired) electrons. The van der Waals surface area contributed by atoms with Gasteiger partial charge in [-0.2, -0.15) is 0 Å². The van der Waals surface area contributed by atoms with Crippen LogP contribution in [-0.2, 0) is 0 Å². The number of allylic oxidation sites excluding steroid dienone is 6. The Labute approximate surface area is 92.6 Å². The molecule has 0 spiro atoms. The Morgan fingerprint density at radius 3 is 1.38 bits per heavy atom. The van der Waals surface area contributed by atoms with Gasteiger partial charge in [-0.3, -0.25) is 20.2 Å². The van der Waals surface area contributed by atoms with Gasteiger partial charge in [0.1, 0.15) is 0 Å². The maximum Gasteiger partial charge on any atom is 0.346 e. The minimum Gasteiger partial charge on any atom is -0.258 e. The van der Waals surface area contributed by atoms with Gasteiger partial charge in [0.25, 0.3) is 0 Å². The van der Waals surface area contributed by atoms with E-state index in [-0.39, 0.29) is 0 Å². The number of hydrogen-bond donors (Lipinski definition) is 0. The summed E-state index contributed by atoms with van der Waals surface area (Å²) in [5.74, 6) is 0. The van der Waals surface area contributed by atoms with Crippen LogP contribution in [0, 0.1) is 20.2 Å². The van der Waals surface area contributed by atoms with Crippen LogP contribution in [0.1, 0.15) is 13.8 Å². The number of hydrogen-bond acceptors (Lipinski definition) is 4. The molecule has 0 aliphatic rings. The summed E-state index contributed by atoms with van der Waals surface area (Å²) in [6.45, 7) is 3.32. The topological polar surface area (TPSA) is 86.3 Å². The van der Waals surface area contributed by atoms with Gasteiger partial charge in [0.15, 0.2) is 0 Å². The van der Waals surface area contributed by atoms with Crippen molar-refractivity contribution in [3.8, 4) is 0 Å². The minimum absolute atomic E-state index is 0.541. The van der Waals surface area contributed by atoms with E-state index in [1.807, 2.05) is 0 Å². The molecule has 0 saturated carbocycles. The fraction of sp³-hybridized carbons (Fsp3) is 0.200. The lowest BCUT2D eigenvalue weighted by atomic mass is 10.2. The Balaban J connectivity index is 5.45. The van der Waals surface area contributed by atoms with E-state index in [9.17, 15) is 20.2 Å². The first-order valence-corrected chi connectivity index (χ1v) is 4.49. The van der Waals surface area contributed by atoms with Crippen LogP contribution in [0.4, 0.5) is 0 Å².